The molecule has 0 heterocycles. The predicted octanol–water partition coefficient (Wildman–Crippen LogP) is 3.35. The standard InChI is InChI=1S/C17H18ClN3O5S/c1-11-4-7-15(21(23)24)10-16(11)19-17(22)12(2)20(27(3,25)26)14-8-5-13(18)6-9-14/h4-10,12H,1-3H3,(H,19,22)/t12-/m0/s1. The first kappa shape index (κ1) is 20.7. The molecule has 2 aromatic carbocycles. The van der Waals surface area contributed by atoms with Crippen molar-refractivity contribution in [3.8, 4) is 0 Å². The van der Waals surface area contributed by atoms with Crippen molar-refractivity contribution in [3.05, 3.63) is 63.2 Å². The highest BCUT2D eigenvalue weighted by atomic mass is 35.5. The number of amides is 1. The molecule has 0 spiro atoms. The molecule has 1 amide bonds. The Hall–Kier alpha value is -2.65. The minimum absolute atomic E-state index is 0.179. The molecule has 0 saturated heterocycles. The zero-order chi connectivity index (χ0) is 20.4. The summed E-state index contributed by atoms with van der Waals surface area (Å²) < 4.78 is 25.5. The number of nitrogens with zero attached hydrogens (tertiary/aromatic N) is 2. The van der Waals surface area contributed by atoms with Crippen LogP contribution in [0.3, 0.4) is 0 Å². The van der Waals surface area contributed by atoms with E-state index in [2.05, 4.69) is 5.32 Å². The number of rotatable bonds is 6. The minimum atomic E-state index is -3.78. The molecule has 0 saturated carbocycles. The molecule has 10 heteroatoms. The van der Waals surface area contributed by atoms with Crippen molar-refractivity contribution >= 4 is 44.6 Å². The number of halogens is 1. The largest absolute Gasteiger partial charge is 0.324 e. The third kappa shape index (κ3) is 4.95. The summed E-state index contributed by atoms with van der Waals surface area (Å²) in [6.07, 6.45) is 0.990. The summed E-state index contributed by atoms with van der Waals surface area (Å²) in [5.74, 6) is -0.626. The minimum Gasteiger partial charge on any atom is -0.324 e. The molecule has 0 radical (unpaired) electrons. The lowest BCUT2D eigenvalue weighted by atomic mass is 10.1. The van der Waals surface area contributed by atoms with Crippen LogP contribution in [0.15, 0.2) is 42.5 Å². The van der Waals surface area contributed by atoms with Crippen molar-refractivity contribution in [2.45, 2.75) is 19.9 Å². The van der Waals surface area contributed by atoms with E-state index in [1.54, 1.807) is 6.92 Å². The molecule has 0 aromatic heterocycles. The Morgan fingerprint density at radius 1 is 1.22 bits per heavy atom. The van der Waals surface area contributed by atoms with Crippen LogP contribution in [0.1, 0.15) is 12.5 Å². The van der Waals surface area contributed by atoms with Gasteiger partial charge in [-0.1, -0.05) is 17.7 Å². The summed E-state index contributed by atoms with van der Waals surface area (Å²) in [4.78, 5) is 23.0. The number of hydrogen-bond acceptors (Lipinski definition) is 5. The van der Waals surface area contributed by atoms with E-state index in [4.69, 9.17) is 11.6 Å². The molecule has 2 rings (SSSR count). The van der Waals surface area contributed by atoms with Crippen LogP contribution in [0.4, 0.5) is 17.1 Å². The van der Waals surface area contributed by atoms with Crippen LogP contribution in [0, 0.1) is 17.0 Å². The fourth-order valence-corrected chi connectivity index (χ4v) is 3.79. The van der Waals surface area contributed by atoms with Crippen LogP contribution in [-0.4, -0.2) is 31.5 Å². The topological polar surface area (TPSA) is 110 Å². The number of nitro benzene ring substituents is 1. The first-order chi connectivity index (χ1) is 12.5. The number of nitro groups is 1. The van der Waals surface area contributed by atoms with Gasteiger partial charge in [-0.05, 0) is 43.7 Å². The second kappa shape index (κ2) is 7.93. The van der Waals surface area contributed by atoms with Crippen molar-refractivity contribution in [2.24, 2.45) is 0 Å². The highest BCUT2D eigenvalue weighted by Crippen LogP contribution is 2.25. The molecule has 2 aromatic rings. The molecule has 8 nitrogen and oxygen atoms in total. The van der Waals surface area contributed by atoms with E-state index < -0.39 is 26.9 Å². The van der Waals surface area contributed by atoms with Gasteiger partial charge in [-0.25, -0.2) is 8.42 Å². The van der Waals surface area contributed by atoms with Gasteiger partial charge in [0, 0.05) is 17.2 Å². The van der Waals surface area contributed by atoms with Gasteiger partial charge in [-0.3, -0.25) is 19.2 Å². The number of carbonyl (C=O) groups is 1. The van der Waals surface area contributed by atoms with Gasteiger partial charge >= 0.3 is 0 Å². The summed E-state index contributed by atoms with van der Waals surface area (Å²) in [6.45, 7) is 3.11. The lowest BCUT2D eigenvalue weighted by Gasteiger charge is -2.28. The van der Waals surface area contributed by atoms with Crippen molar-refractivity contribution in [1.82, 2.24) is 0 Å². The van der Waals surface area contributed by atoms with E-state index in [1.807, 2.05) is 0 Å². The van der Waals surface area contributed by atoms with E-state index >= 15 is 0 Å². The number of hydrogen-bond donors (Lipinski definition) is 1. The molecule has 0 unspecified atom stereocenters. The molecular weight excluding hydrogens is 394 g/mol. The Morgan fingerprint density at radius 2 is 1.81 bits per heavy atom. The third-order valence-corrected chi connectivity index (χ3v) is 5.35. The average Bonchev–Trinajstić information content (AvgIpc) is 2.57. The number of aryl methyl sites for hydroxylation is 1. The maximum atomic E-state index is 12.7. The average molecular weight is 412 g/mol. The highest BCUT2D eigenvalue weighted by molar-refractivity contribution is 7.92. The van der Waals surface area contributed by atoms with Gasteiger partial charge in [0.1, 0.15) is 6.04 Å². The van der Waals surface area contributed by atoms with E-state index in [-0.39, 0.29) is 17.1 Å². The van der Waals surface area contributed by atoms with Gasteiger partial charge < -0.3 is 5.32 Å². The SMILES string of the molecule is Cc1ccc([N+](=O)[O-])cc1NC(=O)[C@H](C)N(c1ccc(Cl)cc1)S(C)(=O)=O. The van der Waals surface area contributed by atoms with E-state index in [1.165, 1.54) is 49.4 Å². The van der Waals surface area contributed by atoms with Crippen LogP contribution in [0.25, 0.3) is 0 Å². The van der Waals surface area contributed by atoms with Crippen LogP contribution < -0.4 is 9.62 Å². The number of benzene rings is 2. The molecule has 0 aliphatic heterocycles. The zero-order valence-electron chi connectivity index (χ0n) is 14.8. The normalized spacial score (nSPS) is 12.3. The van der Waals surface area contributed by atoms with Gasteiger partial charge in [0.2, 0.25) is 15.9 Å². The molecule has 1 atom stereocenters. The molecule has 1 N–H and O–H groups in total. The van der Waals surface area contributed by atoms with Crippen LogP contribution in [-0.2, 0) is 14.8 Å². The van der Waals surface area contributed by atoms with E-state index in [9.17, 15) is 23.3 Å². The first-order valence-electron chi connectivity index (χ1n) is 7.81. The number of sulfonamides is 1. The molecule has 0 aliphatic carbocycles. The summed E-state index contributed by atoms with van der Waals surface area (Å²) in [7, 11) is -3.78. The molecular formula is C17H18ClN3O5S. The lowest BCUT2D eigenvalue weighted by Crippen LogP contribution is -2.45. The number of carbonyl (C=O) groups excluding carboxylic acids is 1. The van der Waals surface area contributed by atoms with Crippen molar-refractivity contribution < 1.29 is 18.1 Å². The third-order valence-electron chi connectivity index (χ3n) is 3.86. The molecule has 144 valence electrons. The highest BCUT2D eigenvalue weighted by Gasteiger charge is 2.29. The van der Waals surface area contributed by atoms with Gasteiger partial charge in [0.25, 0.3) is 5.69 Å². The fraction of sp³-hybridized carbons (Fsp3) is 0.235. The van der Waals surface area contributed by atoms with E-state index in [0.717, 1.165) is 10.6 Å². The van der Waals surface area contributed by atoms with Gasteiger partial charge in [-0.15, -0.1) is 0 Å². The predicted molar refractivity (Wildman–Crippen MR) is 105 cm³/mol. The first-order valence-corrected chi connectivity index (χ1v) is 10.0. The number of anilines is 2. The smallest absolute Gasteiger partial charge is 0.271 e. The lowest BCUT2D eigenvalue weighted by molar-refractivity contribution is -0.384. The maximum Gasteiger partial charge on any atom is 0.271 e. The van der Waals surface area contributed by atoms with Crippen LogP contribution in [0.2, 0.25) is 5.02 Å². The summed E-state index contributed by atoms with van der Waals surface area (Å²) in [5, 5.41) is 13.9. The quantitative estimate of drug-likeness (QED) is 0.579. The van der Waals surface area contributed by atoms with E-state index in [0.29, 0.717) is 10.6 Å². The Bertz CT molecular complexity index is 977. The van der Waals surface area contributed by atoms with Crippen molar-refractivity contribution in [2.75, 3.05) is 15.9 Å². The second-order valence-electron chi connectivity index (χ2n) is 5.96. The maximum absolute atomic E-state index is 12.7. The van der Waals surface area contributed by atoms with Gasteiger partial charge in [-0.2, -0.15) is 0 Å². The summed E-state index contributed by atoms with van der Waals surface area (Å²) >= 11 is 5.84. The van der Waals surface area contributed by atoms with Crippen LogP contribution in [0.5, 0.6) is 0 Å². The Labute approximate surface area is 162 Å². The molecule has 27 heavy (non-hydrogen) atoms. The molecule has 0 bridgehead atoms. The summed E-state index contributed by atoms with van der Waals surface area (Å²) in [5.41, 5.74) is 0.950. The second-order valence-corrected chi connectivity index (χ2v) is 8.25. The Kier molecular flexibility index (Phi) is 6.07. The van der Waals surface area contributed by atoms with Crippen molar-refractivity contribution in [1.29, 1.82) is 0 Å². The fourth-order valence-electron chi connectivity index (χ4n) is 2.49. The van der Waals surface area contributed by atoms with Gasteiger partial charge in [0.05, 0.1) is 22.6 Å². The number of non-ortho nitro benzene ring substituents is 1. The van der Waals surface area contributed by atoms with Crippen molar-refractivity contribution in [3.63, 3.8) is 0 Å². The van der Waals surface area contributed by atoms with Gasteiger partial charge in [0.15, 0.2) is 0 Å². The zero-order valence-corrected chi connectivity index (χ0v) is 16.4. The number of nitrogens with one attached hydrogen (secondary N) is 1. The Morgan fingerprint density at radius 3 is 2.33 bits per heavy atom. The van der Waals surface area contributed by atoms with Crippen LogP contribution >= 0.6 is 11.6 Å². The molecule has 0 fully saturated rings. The molecule has 0 aliphatic rings. The summed E-state index contributed by atoms with van der Waals surface area (Å²) in [6, 6.07) is 8.98. The Balaban J connectivity index is 2.34. The monoisotopic (exact) mass is 411 g/mol.